The summed E-state index contributed by atoms with van der Waals surface area (Å²) in [6.45, 7) is 0. The van der Waals surface area contributed by atoms with E-state index < -0.39 is 5.97 Å². The number of carboxylic acids is 1. The second kappa shape index (κ2) is 8.04. The number of amides is 2. The Bertz CT molecular complexity index is 509. The fourth-order valence-corrected chi connectivity index (χ4v) is 1.73. The van der Waals surface area contributed by atoms with Crippen molar-refractivity contribution in [3.05, 3.63) is 29.8 Å². The van der Waals surface area contributed by atoms with Gasteiger partial charge in [0.05, 0.1) is 6.42 Å². The zero-order chi connectivity index (χ0) is 15.8. The number of benzene rings is 1. The molecule has 1 aromatic rings. The van der Waals surface area contributed by atoms with Crippen molar-refractivity contribution in [3.63, 3.8) is 0 Å². The van der Waals surface area contributed by atoms with Gasteiger partial charge in [-0.1, -0.05) is 12.1 Å². The normalized spacial score (nSPS) is 10.0. The highest BCUT2D eigenvalue weighted by molar-refractivity contribution is 5.91. The van der Waals surface area contributed by atoms with Crippen molar-refractivity contribution < 1.29 is 19.5 Å². The lowest BCUT2D eigenvalue weighted by atomic mass is 10.1. The first-order chi connectivity index (χ1) is 9.88. The molecule has 114 valence electrons. The van der Waals surface area contributed by atoms with Crippen molar-refractivity contribution >= 4 is 23.5 Å². The molecule has 0 radical (unpaired) electrons. The van der Waals surface area contributed by atoms with Crippen molar-refractivity contribution in [1.82, 2.24) is 4.90 Å². The van der Waals surface area contributed by atoms with Crippen LogP contribution in [0.4, 0.5) is 5.69 Å². The predicted molar refractivity (Wildman–Crippen MR) is 79.0 cm³/mol. The summed E-state index contributed by atoms with van der Waals surface area (Å²) in [6, 6.07) is 6.67. The van der Waals surface area contributed by atoms with Crippen LogP contribution in [-0.4, -0.2) is 41.9 Å². The van der Waals surface area contributed by atoms with E-state index in [4.69, 9.17) is 5.11 Å². The first kappa shape index (κ1) is 16.7. The van der Waals surface area contributed by atoms with Gasteiger partial charge in [0.2, 0.25) is 11.8 Å². The maximum absolute atomic E-state index is 11.7. The van der Waals surface area contributed by atoms with Gasteiger partial charge in [-0.15, -0.1) is 0 Å². The van der Waals surface area contributed by atoms with E-state index >= 15 is 0 Å². The zero-order valence-electron chi connectivity index (χ0n) is 12.3. The summed E-state index contributed by atoms with van der Waals surface area (Å²) in [5, 5.41) is 11.4. The first-order valence-corrected chi connectivity index (χ1v) is 6.69. The first-order valence-electron chi connectivity index (χ1n) is 6.69. The maximum Gasteiger partial charge on any atom is 0.307 e. The van der Waals surface area contributed by atoms with Crippen LogP contribution in [0.25, 0.3) is 0 Å². The van der Waals surface area contributed by atoms with Crippen LogP contribution in [-0.2, 0) is 20.8 Å². The Balaban J connectivity index is 2.37. The summed E-state index contributed by atoms with van der Waals surface area (Å²) >= 11 is 0. The number of anilines is 1. The van der Waals surface area contributed by atoms with E-state index in [9.17, 15) is 14.4 Å². The zero-order valence-corrected chi connectivity index (χ0v) is 12.3. The van der Waals surface area contributed by atoms with Crippen LogP contribution in [0.1, 0.15) is 24.8 Å². The SMILES string of the molecule is CN(C)C(=O)CCCC(=O)Nc1ccc(CC(=O)O)cc1. The quantitative estimate of drug-likeness (QED) is 0.797. The van der Waals surface area contributed by atoms with Crippen molar-refractivity contribution in [3.8, 4) is 0 Å². The molecule has 0 aromatic heterocycles. The van der Waals surface area contributed by atoms with Crippen molar-refractivity contribution in [2.45, 2.75) is 25.7 Å². The fourth-order valence-electron chi connectivity index (χ4n) is 1.73. The van der Waals surface area contributed by atoms with E-state index in [1.807, 2.05) is 0 Å². The molecule has 0 fully saturated rings. The van der Waals surface area contributed by atoms with Gasteiger partial charge in [-0.05, 0) is 24.1 Å². The molecule has 6 heteroatoms. The minimum atomic E-state index is -0.891. The molecular weight excluding hydrogens is 272 g/mol. The number of nitrogens with zero attached hydrogens (tertiary/aromatic N) is 1. The lowest BCUT2D eigenvalue weighted by Gasteiger charge is -2.10. The number of nitrogens with one attached hydrogen (secondary N) is 1. The van der Waals surface area contributed by atoms with Crippen molar-refractivity contribution in [2.24, 2.45) is 0 Å². The Labute approximate surface area is 123 Å². The molecule has 6 nitrogen and oxygen atoms in total. The summed E-state index contributed by atoms with van der Waals surface area (Å²) in [4.78, 5) is 35.1. The van der Waals surface area contributed by atoms with Gasteiger partial charge in [0.25, 0.3) is 0 Å². The molecule has 0 saturated carbocycles. The van der Waals surface area contributed by atoms with E-state index in [2.05, 4.69) is 5.32 Å². The van der Waals surface area contributed by atoms with E-state index in [1.165, 1.54) is 4.90 Å². The number of carbonyl (C=O) groups excluding carboxylic acids is 2. The number of carboxylic acid groups (broad SMARTS) is 1. The van der Waals surface area contributed by atoms with Gasteiger partial charge in [0.15, 0.2) is 0 Å². The van der Waals surface area contributed by atoms with Crippen LogP contribution in [0, 0.1) is 0 Å². The van der Waals surface area contributed by atoms with Gasteiger partial charge in [-0.3, -0.25) is 14.4 Å². The van der Waals surface area contributed by atoms with Gasteiger partial charge in [-0.2, -0.15) is 0 Å². The number of carbonyl (C=O) groups is 3. The van der Waals surface area contributed by atoms with Crippen LogP contribution in [0.5, 0.6) is 0 Å². The standard InChI is InChI=1S/C15H20N2O4/c1-17(2)14(19)5-3-4-13(18)16-12-8-6-11(7-9-12)10-15(20)21/h6-9H,3-5,10H2,1-2H3,(H,16,18)(H,20,21). The number of hydrogen-bond donors (Lipinski definition) is 2. The third kappa shape index (κ3) is 6.56. The highest BCUT2D eigenvalue weighted by atomic mass is 16.4. The molecule has 0 heterocycles. The average molecular weight is 292 g/mol. The topological polar surface area (TPSA) is 86.7 Å². The van der Waals surface area contributed by atoms with Crippen molar-refractivity contribution in [2.75, 3.05) is 19.4 Å². The average Bonchev–Trinajstić information content (AvgIpc) is 2.40. The molecule has 0 atom stereocenters. The second-order valence-electron chi connectivity index (χ2n) is 4.96. The van der Waals surface area contributed by atoms with Crippen LogP contribution in [0.15, 0.2) is 24.3 Å². The smallest absolute Gasteiger partial charge is 0.307 e. The fraction of sp³-hybridized carbons (Fsp3) is 0.400. The van der Waals surface area contributed by atoms with Crippen molar-refractivity contribution in [1.29, 1.82) is 0 Å². The Hall–Kier alpha value is -2.37. The summed E-state index contributed by atoms with van der Waals surface area (Å²) in [5.74, 6) is -1.05. The van der Waals surface area contributed by atoms with Crippen LogP contribution in [0.2, 0.25) is 0 Å². The van der Waals surface area contributed by atoms with E-state index in [1.54, 1.807) is 38.4 Å². The van der Waals surface area contributed by atoms with Crippen LogP contribution >= 0.6 is 0 Å². The van der Waals surface area contributed by atoms with E-state index in [-0.39, 0.29) is 24.7 Å². The summed E-state index contributed by atoms with van der Waals surface area (Å²) in [6.07, 6.45) is 1.08. The van der Waals surface area contributed by atoms with Gasteiger partial charge in [0.1, 0.15) is 0 Å². The Morgan fingerprint density at radius 2 is 1.71 bits per heavy atom. The Kier molecular flexibility index (Phi) is 6.39. The molecule has 0 unspecified atom stereocenters. The van der Waals surface area contributed by atoms with Crippen LogP contribution in [0.3, 0.4) is 0 Å². The molecule has 1 aromatic carbocycles. The Morgan fingerprint density at radius 3 is 2.24 bits per heavy atom. The van der Waals surface area contributed by atoms with E-state index in [0.29, 0.717) is 24.1 Å². The lowest BCUT2D eigenvalue weighted by Crippen LogP contribution is -2.21. The van der Waals surface area contributed by atoms with E-state index in [0.717, 1.165) is 0 Å². The monoisotopic (exact) mass is 292 g/mol. The molecule has 2 amide bonds. The molecule has 0 spiro atoms. The molecule has 0 aliphatic rings. The Morgan fingerprint density at radius 1 is 1.10 bits per heavy atom. The van der Waals surface area contributed by atoms with Gasteiger partial charge in [0, 0.05) is 32.6 Å². The summed E-state index contributed by atoms with van der Waals surface area (Å²) < 4.78 is 0. The molecule has 1 rings (SSSR count). The lowest BCUT2D eigenvalue weighted by molar-refractivity contribution is -0.136. The minimum absolute atomic E-state index is 0.000763. The minimum Gasteiger partial charge on any atom is -0.481 e. The second-order valence-corrected chi connectivity index (χ2v) is 4.96. The molecule has 0 bridgehead atoms. The highest BCUT2D eigenvalue weighted by Gasteiger charge is 2.07. The predicted octanol–water partition coefficient (Wildman–Crippen LogP) is 1.51. The van der Waals surface area contributed by atoms with Gasteiger partial charge in [-0.25, -0.2) is 0 Å². The number of hydrogen-bond acceptors (Lipinski definition) is 3. The molecule has 0 saturated heterocycles. The maximum atomic E-state index is 11.7. The number of aliphatic carboxylic acids is 1. The number of rotatable bonds is 7. The molecule has 0 aliphatic heterocycles. The molecule has 0 aliphatic carbocycles. The third-order valence-corrected chi connectivity index (χ3v) is 2.89. The third-order valence-electron chi connectivity index (χ3n) is 2.89. The molecular formula is C15H20N2O4. The largest absolute Gasteiger partial charge is 0.481 e. The molecule has 21 heavy (non-hydrogen) atoms. The van der Waals surface area contributed by atoms with Gasteiger partial charge >= 0.3 is 5.97 Å². The summed E-state index contributed by atoms with van der Waals surface area (Å²) in [7, 11) is 3.36. The molecule has 2 N–H and O–H groups in total. The van der Waals surface area contributed by atoms with Gasteiger partial charge < -0.3 is 15.3 Å². The summed E-state index contributed by atoms with van der Waals surface area (Å²) in [5.41, 5.74) is 1.30. The van der Waals surface area contributed by atoms with Crippen LogP contribution < -0.4 is 5.32 Å². The highest BCUT2D eigenvalue weighted by Crippen LogP contribution is 2.11.